The number of nitro benzene ring substituents is 1. The van der Waals surface area contributed by atoms with E-state index in [2.05, 4.69) is 0 Å². The summed E-state index contributed by atoms with van der Waals surface area (Å²) in [5.74, 6) is 0.393. The minimum atomic E-state index is -0.382. The molecular formula is C20H19NO3. The number of benzene rings is 2. The maximum Gasteiger partial charge on any atom is 0.270 e. The van der Waals surface area contributed by atoms with E-state index in [-0.39, 0.29) is 22.3 Å². The molecule has 1 aliphatic rings. The standard InChI is InChI=1S/C20H19NO3/c22-20(16-7-2-1-3-8-16)14-18-10-5-9-17(18)12-15-6-4-11-19(13-15)21(23)24/h1-4,6-8,11-13,18H,5,9-10,14H2/b17-12-. The molecule has 0 aliphatic heterocycles. The first kappa shape index (κ1) is 16.1. The molecule has 122 valence electrons. The summed E-state index contributed by atoms with van der Waals surface area (Å²) in [5.41, 5.74) is 2.90. The quantitative estimate of drug-likeness (QED) is 0.440. The van der Waals surface area contributed by atoms with Gasteiger partial charge in [-0.05, 0) is 30.7 Å². The summed E-state index contributed by atoms with van der Waals surface area (Å²) in [6, 6.07) is 16.0. The topological polar surface area (TPSA) is 60.2 Å². The van der Waals surface area contributed by atoms with E-state index in [1.54, 1.807) is 12.1 Å². The number of hydrogen-bond acceptors (Lipinski definition) is 3. The van der Waals surface area contributed by atoms with Crippen LogP contribution >= 0.6 is 0 Å². The van der Waals surface area contributed by atoms with Crippen molar-refractivity contribution in [2.75, 3.05) is 0 Å². The number of rotatable bonds is 5. The van der Waals surface area contributed by atoms with Crippen molar-refractivity contribution in [1.82, 2.24) is 0 Å². The summed E-state index contributed by atoms with van der Waals surface area (Å²) in [5, 5.41) is 10.9. The van der Waals surface area contributed by atoms with Gasteiger partial charge in [-0.2, -0.15) is 0 Å². The molecule has 3 rings (SSSR count). The van der Waals surface area contributed by atoms with Gasteiger partial charge in [0.05, 0.1) is 4.92 Å². The molecule has 1 atom stereocenters. The van der Waals surface area contributed by atoms with Crippen LogP contribution in [0, 0.1) is 16.0 Å². The van der Waals surface area contributed by atoms with Crippen LogP contribution in [0.1, 0.15) is 41.6 Å². The monoisotopic (exact) mass is 321 g/mol. The number of carbonyl (C=O) groups excluding carboxylic acids is 1. The number of carbonyl (C=O) groups is 1. The highest BCUT2D eigenvalue weighted by molar-refractivity contribution is 5.96. The van der Waals surface area contributed by atoms with Crippen LogP contribution in [0.3, 0.4) is 0 Å². The number of allylic oxidation sites excluding steroid dienone is 1. The fourth-order valence-electron chi connectivity index (χ4n) is 3.27. The lowest BCUT2D eigenvalue weighted by Gasteiger charge is -2.11. The van der Waals surface area contributed by atoms with E-state index in [1.807, 2.05) is 42.5 Å². The van der Waals surface area contributed by atoms with E-state index in [0.717, 1.165) is 30.4 Å². The molecule has 0 N–H and O–H groups in total. The van der Waals surface area contributed by atoms with Crippen molar-refractivity contribution in [3.05, 3.63) is 81.4 Å². The molecule has 2 aromatic carbocycles. The summed E-state index contributed by atoms with van der Waals surface area (Å²) < 4.78 is 0. The Morgan fingerprint density at radius 3 is 2.71 bits per heavy atom. The van der Waals surface area contributed by atoms with E-state index in [1.165, 1.54) is 11.6 Å². The Bertz CT molecular complexity index is 780. The summed E-state index contributed by atoms with van der Waals surface area (Å²) in [6.07, 6.45) is 5.54. The molecule has 0 bridgehead atoms. The van der Waals surface area contributed by atoms with Gasteiger partial charge < -0.3 is 0 Å². The Labute approximate surface area is 141 Å². The van der Waals surface area contributed by atoms with Gasteiger partial charge in [-0.25, -0.2) is 0 Å². The second-order valence-electron chi connectivity index (χ2n) is 6.15. The van der Waals surface area contributed by atoms with E-state index in [4.69, 9.17) is 0 Å². The number of nitro groups is 1. The van der Waals surface area contributed by atoms with Crippen LogP contribution in [0.2, 0.25) is 0 Å². The third kappa shape index (κ3) is 3.77. The lowest BCUT2D eigenvalue weighted by molar-refractivity contribution is -0.384. The molecule has 0 radical (unpaired) electrons. The number of Topliss-reactive ketones (excluding diaryl/α,β-unsaturated/α-hetero) is 1. The van der Waals surface area contributed by atoms with Crippen molar-refractivity contribution in [3.8, 4) is 0 Å². The number of ketones is 1. The normalized spacial score (nSPS) is 18.7. The number of nitrogens with zero attached hydrogens (tertiary/aromatic N) is 1. The highest BCUT2D eigenvalue weighted by Gasteiger charge is 2.24. The van der Waals surface area contributed by atoms with Crippen LogP contribution in [-0.4, -0.2) is 10.7 Å². The first-order valence-corrected chi connectivity index (χ1v) is 8.16. The molecule has 4 heteroatoms. The van der Waals surface area contributed by atoms with Crippen molar-refractivity contribution < 1.29 is 9.72 Å². The van der Waals surface area contributed by atoms with Crippen molar-refractivity contribution >= 4 is 17.5 Å². The van der Waals surface area contributed by atoms with Crippen molar-refractivity contribution in [2.45, 2.75) is 25.7 Å². The van der Waals surface area contributed by atoms with E-state index < -0.39 is 0 Å². The number of hydrogen-bond donors (Lipinski definition) is 0. The molecule has 0 heterocycles. The summed E-state index contributed by atoms with van der Waals surface area (Å²) in [7, 11) is 0. The number of non-ortho nitro benzene ring substituents is 1. The first-order chi connectivity index (χ1) is 11.6. The minimum Gasteiger partial charge on any atom is -0.294 e. The molecule has 0 spiro atoms. The molecule has 1 saturated carbocycles. The molecule has 0 saturated heterocycles. The predicted molar refractivity (Wildman–Crippen MR) is 93.8 cm³/mol. The lowest BCUT2D eigenvalue weighted by Crippen LogP contribution is -2.07. The summed E-state index contributed by atoms with van der Waals surface area (Å²) >= 11 is 0. The maximum absolute atomic E-state index is 12.4. The lowest BCUT2D eigenvalue weighted by atomic mass is 9.92. The molecule has 1 unspecified atom stereocenters. The molecule has 2 aromatic rings. The van der Waals surface area contributed by atoms with Crippen molar-refractivity contribution in [3.63, 3.8) is 0 Å². The molecule has 0 aromatic heterocycles. The molecular weight excluding hydrogens is 302 g/mol. The third-order valence-corrected chi connectivity index (χ3v) is 4.50. The highest BCUT2D eigenvalue weighted by atomic mass is 16.6. The van der Waals surface area contributed by atoms with Gasteiger partial charge >= 0.3 is 0 Å². The SMILES string of the molecule is O=C(CC1CCC/C1=C/c1cccc([N+](=O)[O-])c1)c1ccccc1. The summed E-state index contributed by atoms with van der Waals surface area (Å²) in [4.78, 5) is 22.9. The van der Waals surface area contributed by atoms with Gasteiger partial charge in [-0.15, -0.1) is 0 Å². The average molecular weight is 321 g/mol. The minimum absolute atomic E-state index is 0.0965. The third-order valence-electron chi connectivity index (χ3n) is 4.50. The van der Waals surface area contributed by atoms with Crippen LogP contribution < -0.4 is 0 Å². The van der Waals surface area contributed by atoms with Gasteiger partial charge in [0, 0.05) is 24.1 Å². The van der Waals surface area contributed by atoms with Gasteiger partial charge in [0.15, 0.2) is 5.78 Å². The van der Waals surface area contributed by atoms with Gasteiger partial charge in [0.2, 0.25) is 0 Å². The Balaban J connectivity index is 1.77. The predicted octanol–water partition coefficient (Wildman–Crippen LogP) is 5.05. The molecule has 24 heavy (non-hydrogen) atoms. The average Bonchev–Trinajstić information content (AvgIpc) is 3.02. The Morgan fingerprint density at radius 1 is 1.17 bits per heavy atom. The zero-order valence-corrected chi connectivity index (χ0v) is 13.4. The largest absolute Gasteiger partial charge is 0.294 e. The molecule has 0 amide bonds. The van der Waals surface area contributed by atoms with Crippen LogP contribution in [-0.2, 0) is 0 Å². The smallest absolute Gasteiger partial charge is 0.270 e. The van der Waals surface area contributed by atoms with Crippen LogP contribution in [0.25, 0.3) is 6.08 Å². The summed E-state index contributed by atoms with van der Waals surface area (Å²) in [6.45, 7) is 0. The first-order valence-electron chi connectivity index (χ1n) is 8.16. The van der Waals surface area contributed by atoms with Gasteiger partial charge in [-0.1, -0.05) is 54.1 Å². The fraction of sp³-hybridized carbons (Fsp3) is 0.250. The highest BCUT2D eigenvalue weighted by Crippen LogP contribution is 2.36. The van der Waals surface area contributed by atoms with E-state index in [9.17, 15) is 14.9 Å². The van der Waals surface area contributed by atoms with Crippen LogP contribution in [0.4, 0.5) is 5.69 Å². The van der Waals surface area contributed by atoms with E-state index in [0.29, 0.717) is 6.42 Å². The van der Waals surface area contributed by atoms with Crippen molar-refractivity contribution in [2.24, 2.45) is 5.92 Å². The second kappa shape index (κ2) is 7.21. The van der Waals surface area contributed by atoms with Gasteiger partial charge in [-0.3, -0.25) is 14.9 Å². The molecule has 1 aliphatic carbocycles. The molecule has 1 fully saturated rings. The Morgan fingerprint density at radius 2 is 1.96 bits per heavy atom. The van der Waals surface area contributed by atoms with Crippen LogP contribution in [0.15, 0.2) is 60.2 Å². The van der Waals surface area contributed by atoms with Gasteiger partial charge in [0.25, 0.3) is 5.69 Å². The fourth-order valence-corrected chi connectivity index (χ4v) is 3.27. The Kier molecular flexibility index (Phi) is 4.85. The van der Waals surface area contributed by atoms with Crippen LogP contribution in [0.5, 0.6) is 0 Å². The second-order valence-corrected chi connectivity index (χ2v) is 6.15. The molecule has 4 nitrogen and oxygen atoms in total. The maximum atomic E-state index is 12.4. The van der Waals surface area contributed by atoms with Crippen molar-refractivity contribution in [1.29, 1.82) is 0 Å². The Hall–Kier alpha value is -2.75. The van der Waals surface area contributed by atoms with E-state index >= 15 is 0 Å². The zero-order chi connectivity index (χ0) is 16.9. The van der Waals surface area contributed by atoms with Gasteiger partial charge in [0.1, 0.15) is 0 Å². The zero-order valence-electron chi connectivity index (χ0n) is 13.4.